The van der Waals surface area contributed by atoms with Gasteiger partial charge in [0.25, 0.3) is 0 Å². The van der Waals surface area contributed by atoms with Crippen LogP contribution in [0.1, 0.15) is 23.2 Å². The summed E-state index contributed by atoms with van der Waals surface area (Å²) in [5.74, 6) is -5.54. The van der Waals surface area contributed by atoms with E-state index in [0.29, 0.717) is 19.2 Å². The van der Waals surface area contributed by atoms with Crippen LogP contribution in [0.5, 0.6) is 0 Å². The number of halogens is 4. The molecule has 2 unspecified atom stereocenters. The van der Waals surface area contributed by atoms with E-state index in [0.717, 1.165) is 48.3 Å². The molecule has 2 aliphatic rings. The highest BCUT2D eigenvalue weighted by molar-refractivity contribution is 5.94. The Hall–Kier alpha value is -3.40. The number of aromatic nitrogens is 1. The lowest BCUT2D eigenvalue weighted by Gasteiger charge is -2.24. The summed E-state index contributed by atoms with van der Waals surface area (Å²) in [6, 6.07) is 3.33. The Morgan fingerprint density at radius 3 is 2.58 bits per heavy atom. The van der Waals surface area contributed by atoms with E-state index in [2.05, 4.69) is 5.32 Å². The Bertz CT molecular complexity index is 1340. The van der Waals surface area contributed by atoms with Crippen LogP contribution in [0, 0.1) is 29.2 Å². The predicted molar refractivity (Wildman–Crippen MR) is 113 cm³/mol. The van der Waals surface area contributed by atoms with E-state index in [1.54, 1.807) is 4.90 Å². The van der Waals surface area contributed by atoms with Gasteiger partial charge in [0.1, 0.15) is 28.7 Å². The molecule has 33 heavy (non-hydrogen) atoms. The molecule has 2 atom stereocenters. The Morgan fingerprint density at radius 1 is 1.09 bits per heavy atom. The molecule has 0 radical (unpaired) electrons. The Morgan fingerprint density at radius 2 is 1.88 bits per heavy atom. The highest BCUT2D eigenvalue weighted by atomic mass is 19.1. The van der Waals surface area contributed by atoms with E-state index in [-0.39, 0.29) is 23.3 Å². The van der Waals surface area contributed by atoms with E-state index >= 15 is 8.78 Å². The fourth-order valence-corrected chi connectivity index (χ4v) is 4.94. The first-order valence-corrected chi connectivity index (χ1v) is 10.5. The molecule has 2 saturated heterocycles. The number of fused-ring (bicyclic) bond motifs is 2. The second kappa shape index (κ2) is 7.87. The van der Waals surface area contributed by atoms with Crippen molar-refractivity contribution in [3.8, 4) is 5.69 Å². The maximum absolute atomic E-state index is 15.9. The van der Waals surface area contributed by atoms with Crippen molar-refractivity contribution in [2.75, 3.05) is 24.5 Å². The largest absolute Gasteiger partial charge is 0.477 e. The minimum atomic E-state index is -1.64. The summed E-state index contributed by atoms with van der Waals surface area (Å²) in [5, 5.41) is 12.2. The van der Waals surface area contributed by atoms with Crippen LogP contribution >= 0.6 is 0 Å². The maximum atomic E-state index is 15.9. The summed E-state index contributed by atoms with van der Waals surface area (Å²) in [4.78, 5) is 25.9. The predicted octanol–water partition coefficient (Wildman–Crippen LogP) is 3.43. The lowest BCUT2D eigenvalue weighted by Crippen LogP contribution is -2.40. The second-order valence-corrected chi connectivity index (χ2v) is 8.43. The van der Waals surface area contributed by atoms with Crippen LogP contribution in [0.4, 0.5) is 23.2 Å². The van der Waals surface area contributed by atoms with Crippen molar-refractivity contribution in [1.29, 1.82) is 0 Å². The molecule has 172 valence electrons. The fraction of sp³-hybridized carbons (Fsp3) is 0.304. The zero-order valence-corrected chi connectivity index (χ0v) is 17.2. The highest BCUT2D eigenvalue weighted by Gasteiger charge is 2.37. The molecule has 0 spiro atoms. The molecule has 3 heterocycles. The lowest BCUT2D eigenvalue weighted by molar-refractivity contribution is 0.0695. The SMILES string of the molecule is O=C(O)c1cn(-c2ccc(F)cc2F)c2c(F)c(N3CC4CCCNC4C3)c(F)cc2c1=O. The monoisotopic (exact) mass is 461 g/mol. The summed E-state index contributed by atoms with van der Waals surface area (Å²) in [5.41, 5.74) is -3.11. The van der Waals surface area contributed by atoms with Gasteiger partial charge in [-0.2, -0.15) is 0 Å². The number of hydrogen-bond donors (Lipinski definition) is 2. The topological polar surface area (TPSA) is 74.6 Å². The number of piperidine rings is 1. The van der Waals surface area contributed by atoms with Crippen LogP contribution in [0.15, 0.2) is 35.3 Å². The number of hydrogen-bond acceptors (Lipinski definition) is 4. The number of rotatable bonds is 3. The number of nitrogens with one attached hydrogen (secondary N) is 1. The molecule has 2 N–H and O–H groups in total. The van der Waals surface area contributed by atoms with Gasteiger partial charge in [0.05, 0.1) is 16.6 Å². The molecule has 10 heteroatoms. The number of carboxylic acid groups (broad SMARTS) is 1. The molecule has 2 aromatic carbocycles. The molecular formula is C23H19F4N3O3. The van der Waals surface area contributed by atoms with Gasteiger partial charge < -0.3 is 19.9 Å². The number of pyridine rings is 1. The zero-order valence-electron chi connectivity index (χ0n) is 17.2. The van der Waals surface area contributed by atoms with Crippen molar-refractivity contribution in [3.63, 3.8) is 0 Å². The van der Waals surface area contributed by atoms with E-state index in [1.165, 1.54) is 0 Å². The molecule has 2 aliphatic heterocycles. The van der Waals surface area contributed by atoms with Crippen molar-refractivity contribution >= 4 is 22.6 Å². The molecule has 5 rings (SSSR count). The van der Waals surface area contributed by atoms with Gasteiger partial charge >= 0.3 is 5.97 Å². The summed E-state index contributed by atoms with van der Waals surface area (Å²) >= 11 is 0. The molecule has 0 amide bonds. The standard InChI is InChI=1S/C23H19F4N3O3/c24-12-3-4-18(15(25)6-12)30-9-14(23(32)33)22(31)13-7-16(26)21(19(27)20(13)30)29-8-11-2-1-5-28-17(11)10-29/h3-4,6-7,9,11,17,28H,1-2,5,8,10H2,(H,32,33). The van der Waals surface area contributed by atoms with E-state index < -0.39 is 51.1 Å². The molecule has 3 aromatic rings. The van der Waals surface area contributed by atoms with Gasteiger partial charge in [-0.25, -0.2) is 22.4 Å². The molecule has 1 aromatic heterocycles. The van der Waals surface area contributed by atoms with Gasteiger partial charge in [-0.3, -0.25) is 4.79 Å². The second-order valence-electron chi connectivity index (χ2n) is 8.43. The van der Waals surface area contributed by atoms with Gasteiger partial charge in [-0.1, -0.05) is 0 Å². The third-order valence-electron chi connectivity index (χ3n) is 6.47. The smallest absolute Gasteiger partial charge is 0.341 e. The van der Waals surface area contributed by atoms with Crippen LogP contribution in [0.2, 0.25) is 0 Å². The Labute approximate surface area is 185 Å². The van der Waals surface area contributed by atoms with Gasteiger partial charge in [0.2, 0.25) is 5.43 Å². The summed E-state index contributed by atoms with van der Waals surface area (Å²) < 4.78 is 60.0. The third-order valence-corrected chi connectivity index (χ3v) is 6.47. The van der Waals surface area contributed by atoms with Crippen LogP contribution in [-0.2, 0) is 0 Å². The number of anilines is 1. The van der Waals surface area contributed by atoms with Gasteiger partial charge in [0, 0.05) is 31.4 Å². The lowest BCUT2D eigenvalue weighted by atomic mass is 9.94. The number of benzene rings is 2. The first-order valence-electron chi connectivity index (χ1n) is 10.5. The van der Waals surface area contributed by atoms with E-state index in [9.17, 15) is 23.5 Å². The van der Waals surface area contributed by atoms with Crippen LogP contribution < -0.4 is 15.6 Å². The average molecular weight is 461 g/mol. The van der Waals surface area contributed by atoms with Gasteiger partial charge in [-0.15, -0.1) is 0 Å². The van der Waals surface area contributed by atoms with Crippen LogP contribution in [0.3, 0.4) is 0 Å². The molecular weight excluding hydrogens is 442 g/mol. The average Bonchev–Trinajstić information content (AvgIpc) is 3.18. The summed E-state index contributed by atoms with van der Waals surface area (Å²) in [6.07, 6.45) is 2.65. The number of nitrogens with zero attached hydrogens (tertiary/aromatic N) is 2. The third kappa shape index (κ3) is 3.45. The number of carboxylic acids is 1. The molecule has 0 bridgehead atoms. The fourth-order valence-electron chi connectivity index (χ4n) is 4.94. The minimum absolute atomic E-state index is 0.0689. The van der Waals surface area contributed by atoms with E-state index in [4.69, 9.17) is 0 Å². The minimum Gasteiger partial charge on any atom is -0.477 e. The van der Waals surface area contributed by atoms with Crippen molar-refractivity contribution in [2.45, 2.75) is 18.9 Å². The summed E-state index contributed by atoms with van der Waals surface area (Å²) in [6.45, 7) is 1.57. The number of aromatic carboxylic acids is 1. The van der Waals surface area contributed by atoms with Crippen LogP contribution in [-0.4, -0.2) is 41.3 Å². The summed E-state index contributed by atoms with van der Waals surface area (Å²) in [7, 11) is 0. The Kier molecular flexibility index (Phi) is 5.12. The van der Waals surface area contributed by atoms with Gasteiger partial charge in [0.15, 0.2) is 5.82 Å². The molecule has 6 nitrogen and oxygen atoms in total. The highest BCUT2D eigenvalue weighted by Crippen LogP contribution is 2.36. The van der Waals surface area contributed by atoms with Gasteiger partial charge in [-0.05, 0) is 43.5 Å². The van der Waals surface area contributed by atoms with Crippen molar-refractivity contribution < 1.29 is 27.5 Å². The molecule has 2 fully saturated rings. The zero-order chi connectivity index (χ0) is 23.4. The van der Waals surface area contributed by atoms with Crippen LogP contribution in [0.25, 0.3) is 16.6 Å². The maximum Gasteiger partial charge on any atom is 0.341 e. The quantitative estimate of drug-likeness (QED) is 0.585. The van der Waals surface area contributed by atoms with Crippen molar-refractivity contribution in [2.24, 2.45) is 5.92 Å². The first kappa shape index (κ1) is 21.4. The Balaban J connectivity index is 1.78. The first-order chi connectivity index (χ1) is 15.8. The van der Waals surface area contributed by atoms with E-state index in [1.807, 2.05) is 0 Å². The molecule has 0 saturated carbocycles. The van der Waals surface area contributed by atoms with Crippen molar-refractivity contribution in [1.82, 2.24) is 9.88 Å². The number of carbonyl (C=O) groups is 1. The normalized spacial score (nSPS) is 20.3. The van der Waals surface area contributed by atoms with Crippen molar-refractivity contribution in [3.05, 3.63) is 69.5 Å². The molecule has 0 aliphatic carbocycles.